The van der Waals surface area contributed by atoms with Gasteiger partial charge in [0.15, 0.2) is 0 Å². The van der Waals surface area contributed by atoms with Crippen LogP contribution in [0.3, 0.4) is 0 Å². The van der Waals surface area contributed by atoms with Crippen molar-refractivity contribution >= 4 is 29.2 Å². The summed E-state index contributed by atoms with van der Waals surface area (Å²) in [5, 5.41) is 8.63. The van der Waals surface area contributed by atoms with Crippen molar-refractivity contribution in [3.05, 3.63) is 64.4 Å². The topological polar surface area (TPSA) is 70.2 Å². The van der Waals surface area contributed by atoms with E-state index in [4.69, 9.17) is 11.6 Å². The first-order valence-corrected chi connectivity index (χ1v) is 8.19. The molecule has 0 aliphatic heterocycles. The summed E-state index contributed by atoms with van der Waals surface area (Å²) in [5.74, 6) is -1.03. The normalized spacial score (nSPS) is 10.2. The first-order valence-electron chi connectivity index (χ1n) is 7.81. The van der Waals surface area contributed by atoms with Crippen LogP contribution in [0.5, 0.6) is 0 Å². The lowest BCUT2D eigenvalue weighted by Crippen LogP contribution is -2.32. The molecule has 7 heteroatoms. The second-order valence-corrected chi connectivity index (χ2v) is 5.87. The van der Waals surface area contributed by atoms with Crippen molar-refractivity contribution in [2.45, 2.75) is 13.3 Å². The molecule has 25 heavy (non-hydrogen) atoms. The number of amides is 3. The van der Waals surface area contributed by atoms with E-state index in [9.17, 15) is 14.0 Å². The molecule has 0 saturated carbocycles. The molecule has 3 amide bonds. The maximum Gasteiger partial charge on any atom is 0.319 e. The summed E-state index contributed by atoms with van der Waals surface area (Å²) < 4.78 is 13.5. The van der Waals surface area contributed by atoms with Gasteiger partial charge in [0.05, 0.1) is 5.56 Å². The third-order valence-corrected chi connectivity index (χ3v) is 3.71. The maximum absolute atomic E-state index is 13.5. The largest absolute Gasteiger partial charge is 0.352 e. The van der Waals surface area contributed by atoms with Crippen LogP contribution in [0.15, 0.2) is 42.5 Å². The van der Waals surface area contributed by atoms with Crippen LogP contribution in [0.1, 0.15) is 22.3 Å². The zero-order chi connectivity index (χ0) is 18.2. The fourth-order valence-corrected chi connectivity index (χ4v) is 2.39. The van der Waals surface area contributed by atoms with Crippen molar-refractivity contribution in [2.75, 3.05) is 18.4 Å². The number of hydrogen-bond acceptors (Lipinski definition) is 2. The average molecular weight is 364 g/mol. The molecule has 0 aromatic heterocycles. The Labute approximate surface area is 150 Å². The van der Waals surface area contributed by atoms with E-state index in [0.717, 1.165) is 5.56 Å². The average Bonchev–Trinajstić information content (AvgIpc) is 2.57. The highest BCUT2D eigenvalue weighted by Gasteiger charge is 2.09. The van der Waals surface area contributed by atoms with Gasteiger partial charge in [-0.2, -0.15) is 0 Å². The summed E-state index contributed by atoms with van der Waals surface area (Å²) in [6, 6.07) is 10.6. The molecule has 0 aliphatic carbocycles. The highest BCUT2D eigenvalue weighted by atomic mass is 35.5. The lowest BCUT2D eigenvalue weighted by molar-refractivity contribution is 0.0949. The summed E-state index contributed by atoms with van der Waals surface area (Å²) in [6.45, 7) is 2.54. The van der Waals surface area contributed by atoms with E-state index in [2.05, 4.69) is 16.0 Å². The van der Waals surface area contributed by atoms with E-state index in [1.165, 1.54) is 18.2 Å². The van der Waals surface area contributed by atoms with E-state index in [1.807, 2.05) is 6.92 Å². The molecule has 0 spiro atoms. The zero-order valence-corrected chi connectivity index (χ0v) is 14.5. The van der Waals surface area contributed by atoms with Gasteiger partial charge in [0.2, 0.25) is 0 Å². The number of benzene rings is 2. The highest BCUT2D eigenvalue weighted by molar-refractivity contribution is 6.30. The van der Waals surface area contributed by atoms with Crippen molar-refractivity contribution < 1.29 is 14.0 Å². The van der Waals surface area contributed by atoms with Gasteiger partial charge in [0, 0.05) is 23.8 Å². The number of carbonyl (C=O) groups excluding carboxylic acids is 2. The van der Waals surface area contributed by atoms with Crippen LogP contribution < -0.4 is 16.0 Å². The molecule has 132 valence electrons. The van der Waals surface area contributed by atoms with Gasteiger partial charge in [-0.1, -0.05) is 23.7 Å². The molecule has 5 nitrogen and oxygen atoms in total. The summed E-state index contributed by atoms with van der Waals surface area (Å²) in [5.41, 5.74) is 1.54. The van der Waals surface area contributed by atoms with Crippen LogP contribution in [0.4, 0.5) is 14.9 Å². The lowest BCUT2D eigenvalue weighted by Gasteiger charge is -2.10. The standard InChI is InChI=1S/C18H19ClFN3O2/c1-12-11-13(19)7-8-16(12)23-18(25)22-10-4-9-21-17(24)14-5-2-3-6-15(14)20/h2-3,5-8,11H,4,9-10H2,1H3,(H,21,24)(H2,22,23,25). The summed E-state index contributed by atoms with van der Waals surface area (Å²) >= 11 is 5.87. The maximum atomic E-state index is 13.5. The molecular formula is C18H19ClFN3O2. The Morgan fingerprint density at radius 1 is 1.08 bits per heavy atom. The van der Waals surface area contributed by atoms with Crippen LogP contribution >= 0.6 is 11.6 Å². The first-order chi connectivity index (χ1) is 12.0. The van der Waals surface area contributed by atoms with Gasteiger partial charge in [-0.15, -0.1) is 0 Å². The number of carbonyl (C=O) groups is 2. The van der Waals surface area contributed by atoms with Gasteiger partial charge < -0.3 is 16.0 Å². The summed E-state index contributed by atoms with van der Waals surface area (Å²) in [7, 11) is 0. The number of hydrogen-bond donors (Lipinski definition) is 3. The molecule has 0 aliphatic rings. The predicted octanol–water partition coefficient (Wildman–Crippen LogP) is 3.73. The van der Waals surface area contributed by atoms with Crippen LogP contribution in [-0.4, -0.2) is 25.0 Å². The van der Waals surface area contributed by atoms with Crippen LogP contribution in [0, 0.1) is 12.7 Å². The Morgan fingerprint density at radius 3 is 2.52 bits per heavy atom. The third kappa shape index (κ3) is 5.76. The van der Waals surface area contributed by atoms with E-state index >= 15 is 0 Å². The van der Waals surface area contributed by atoms with Crippen molar-refractivity contribution in [2.24, 2.45) is 0 Å². The molecule has 2 rings (SSSR count). The van der Waals surface area contributed by atoms with Crippen LogP contribution in [0.25, 0.3) is 0 Å². The quantitative estimate of drug-likeness (QED) is 0.684. The van der Waals surface area contributed by atoms with Crippen molar-refractivity contribution in [3.63, 3.8) is 0 Å². The number of rotatable bonds is 6. The Bertz CT molecular complexity index is 768. The molecule has 0 atom stereocenters. The Kier molecular flexibility index (Phi) is 6.77. The molecular weight excluding hydrogens is 345 g/mol. The van der Waals surface area contributed by atoms with Gasteiger partial charge in [-0.05, 0) is 49.2 Å². The zero-order valence-electron chi connectivity index (χ0n) is 13.7. The van der Waals surface area contributed by atoms with Crippen LogP contribution in [-0.2, 0) is 0 Å². The predicted molar refractivity (Wildman–Crippen MR) is 96.6 cm³/mol. The smallest absolute Gasteiger partial charge is 0.319 e. The van der Waals surface area contributed by atoms with Gasteiger partial charge >= 0.3 is 6.03 Å². The Hall–Kier alpha value is -2.60. The fourth-order valence-electron chi connectivity index (χ4n) is 2.17. The van der Waals surface area contributed by atoms with E-state index in [1.54, 1.807) is 24.3 Å². The SMILES string of the molecule is Cc1cc(Cl)ccc1NC(=O)NCCCNC(=O)c1ccccc1F. The molecule has 0 unspecified atom stereocenters. The molecule has 0 bridgehead atoms. The van der Waals surface area contributed by atoms with E-state index < -0.39 is 11.7 Å². The lowest BCUT2D eigenvalue weighted by atomic mass is 10.2. The van der Waals surface area contributed by atoms with Gasteiger partial charge in [-0.3, -0.25) is 4.79 Å². The Morgan fingerprint density at radius 2 is 1.80 bits per heavy atom. The number of anilines is 1. The third-order valence-electron chi connectivity index (χ3n) is 3.48. The molecule has 0 heterocycles. The van der Waals surface area contributed by atoms with Gasteiger partial charge in [0.25, 0.3) is 5.91 Å². The summed E-state index contributed by atoms with van der Waals surface area (Å²) in [4.78, 5) is 23.6. The number of urea groups is 1. The molecule has 2 aromatic rings. The Balaban J connectivity index is 1.68. The minimum absolute atomic E-state index is 0.00594. The minimum atomic E-state index is -0.559. The minimum Gasteiger partial charge on any atom is -0.352 e. The second-order valence-electron chi connectivity index (χ2n) is 5.43. The van der Waals surface area contributed by atoms with E-state index in [-0.39, 0.29) is 11.6 Å². The molecule has 3 N–H and O–H groups in total. The number of nitrogens with one attached hydrogen (secondary N) is 3. The number of halogens is 2. The van der Waals surface area contributed by atoms with Crippen LogP contribution in [0.2, 0.25) is 5.02 Å². The van der Waals surface area contributed by atoms with Crippen molar-refractivity contribution in [1.29, 1.82) is 0 Å². The monoisotopic (exact) mass is 363 g/mol. The van der Waals surface area contributed by atoms with Gasteiger partial charge in [-0.25, -0.2) is 9.18 Å². The highest BCUT2D eigenvalue weighted by Crippen LogP contribution is 2.19. The summed E-state index contributed by atoms with van der Waals surface area (Å²) in [6.07, 6.45) is 0.521. The van der Waals surface area contributed by atoms with Gasteiger partial charge in [0.1, 0.15) is 5.82 Å². The molecule has 0 radical (unpaired) electrons. The molecule has 0 saturated heterocycles. The first kappa shape index (κ1) is 18.7. The molecule has 2 aromatic carbocycles. The van der Waals surface area contributed by atoms with E-state index in [0.29, 0.717) is 30.2 Å². The number of aryl methyl sites for hydroxylation is 1. The van der Waals surface area contributed by atoms with Crippen molar-refractivity contribution in [3.8, 4) is 0 Å². The second kappa shape index (κ2) is 9.03. The molecule has 0 fully saturated rings. The van der Waals surface area contributed by atoms with Crippen molar-refractivity contribution in [1.82, 2.24) is 10.6 Å². The fraction of sp³-hybridized carbons (Fsp3) is 0.222.